The number of nitriles is 1. The highest BCUT2D eigenvalue weighted by atomic mass is 16.5. The number of aromatic nitrogens is 2. The molecule has 0 aliphatic carbocycles. The summed E-state index contributed by atoms with van der Waals surface area (Å²) >= 11 is 0. The smallest absolute Gasteiger partial charge is 0.332 e. The Bertz CT molecular complexity index is 452. The molecular weight excluding hydrogens is 222 g/mol. The van der Waals surface area contributed by atoms with Crippen LogP contribution in [0.3, 0.4) is 0 Å². The average Bonchev–Trinajstić information content (AvgIpc) is 2.35. The normalized spacial score (nSPS) is 9.65. The molecule has 1 aromatic heterocycles. The number of ether oxygens (including phenoxy) is 1. The van der Waals surface area contributed by atoms with Crippen LogP contribution in [0, 0.1) is 11.3 Å². The van der Waals surface area contributed by atoms with E-state index in [1.165, 1.54) is 24.7 Å². The first-order valence-electron chi connectivity index (χ1n) is 4.83. The van der Waals surface area contributed by atoms with E-state index in [0.29, 0.717) is 12.4 Å². The fourth-order valence-electron chi connectivity index (χ4n) is 0.902. The van der Waals surface area contributed by atoms with Crippen LogP contribution in [0.25, 0.3) is 0 Å². The predicted molar refractivity (Wildman–Crippen MR) is 59.3 cm³/mol. The molecule has 0 aliphatic heterocycles. The zero-order chi connectivity index (χ0) is 12.5. The second-order valence-electron chi connectivity index (χ2n) is 2.76. The summed E-state index contributed by atoms with van der Waals surface area (Å²) in [5, 5.41) is 8.60. The molecule has 0 aromatic carbocycles. The molecule has 0 bridgehead atoms. The minimum atomic E-state index is -0.442. The standard InChI is InChI=1S/C10H11N5O2/c1-2-17-10(16)3-4-14-15-9-5-8(6-11)12-7-13-9/h3-5,7,14H,2H2,1H3,(H,12,13,15)/b4-3+. The zero-order valence-electron chi connectivity index (χ0n) is 9.17. The first kappa shape index (κ1) is 12.4. The van der Waals surface area contributed by atoms with Gasteiger partial charge in [-0.05, 0) is 6.92 Å². The number of hydrogen-bond acceptors (Lipinski definition) is 7. The van der Waals surface area contributed by atoms with E-state index in [1.807, 2.05) is 6.07 Å². The van der Waals surface area contributed by atoms with Gasteiger partial charge < -0.3 is 10.2 Å². The van der Waals surface area contributed by atoms with Crippen molar-refractivity contribution in [1.82, 2.24) is 15.4 Å². The number of hydrazine groups is 1. The van der Waals surface area contributed by atoms with Crippen molar-refractivity contribution in [2.75, 3.05) is 12.0 Å². The van der Waals surface area contributed by atoms with Crippen LogP contribution in [0.4, 0.5) is 5.82 Å². The highest BCUT2D eigenvalue weighted by Gasteiger charge is 1.95. The molecule has 1 aromatic rings. The first-order valence-corrected chi connectivity index (χ1v) is 4.83. The molecule has 0 saturated heterocycles. The van der Waals surface area contributed by atoms with Gasteiger partial charge in [0.05, 0.1) is 6.61 Å². The molecule has 7 heteroatoms. The van der Waals surface area contributed by atoms with Crippen molar-refractivity contribution < 1.29 is 9.53 Å². The number of rotatable bonds is 5. The summed E-state index contributed by atoms with van der Waals surface area (Å²) < 4.78 is 4.67. The SMILES string of the molecule is CCOC(=O)/C=C/NNc1cc(C#N)ncn1. The Morgan fingerprint density at radius 2 is 2.47 bits per heavy atom. The van der Waals surface area contributed by atoms with E-state index in [0.717, 1.165) is 0 Å². The lowest BCUT2D eigenvalue weighted by Gasteiger charge is -2.03. The highest BCUT2D eigenvalue weighted by molar-refractivity contribution is 5.81. The first-order chi connectivity index (χ1) is 8.26. The quantitative estimate of drug-likeness (QED) is 0.429. The fraction of sp³-hybridized carbons (Fsp3) is 0.200. The lowest BCUT2D eigenvalue weighted by Crippen LogP contribution is -2.16. The van der Waals surface area contributed by atoms with E-state index < -0.39 is 5.97 Å². The molecule has 0 radical (unpaired) electrons. The molecule has 0 aliphatic rings. The molecule has 0 saturated carbocycles. The highest BCUT2D eigenvalue weighted by Crippen LogP contribution is 2.00. The molecule has 0 amide bonds. The van der Waals surface area contributed by atoms with Gasteiger partial charge >= 0.3 is 5.97 Å². The molecule has 0 spiro atoms. The van der Waals surface area contributed by atoms with Gasteiger partial charge in [0.2, 0.25) is 0 Å². The lowest BCUT2D eigenvalue weighted by atomic mass is 10.4. The molecule has 0 unspecified atom stereocenters. The van der Waals surface area contributed by atoms with E-state index in [1.54, 1.807) is 6.92 Å². The second kappa shape index (κ2) is 6.79. The molecule has 0 fully saturated rings. The van der Waals surface area contributed by atoms with E-state index in [9.17, 15) is 4.79 Å². The van der Waals surface area contributed by atoms with Gasteiger partial charge in [-0.25, -0.2) is 14.8 Å². The van der Waals surface area contributed by atoms with E-state index in [2.05, 4.69) is 25.6 Å². The maximum absolute atomic E-state index is 10.9. The van der Waals surface area contributed by atoms with E-state index in [-0.39, 0.29) is 5.69 Å². The number of carbonyl (C=O) groups is 1. The molecule has 0 atom stereocenters. The van der Waals surface area contributed by atoms with Crippen LogP contribution >= 0.6 is 0 Å². The Labute approximate surface area is 98.1 Å². The third-order valence-electron chi connectivity index (χ3n) is 1.57. The third-order valence-corrected chi connectivity index (χ3v) is 1.57. The van der Waals surface area contributed by atoms with Crippen LogP contribution in [0.2, 0.25) is 0 Å². The van der Waals surface area contributed by atoms with E-state index >= 15 is 0 Å². The maximum atomic E-state index is 10.9. The Balaban J connectivity index is 2.41. The van der Waals surface area contributed by atoms with E-state index in [4.69, 9.17) is 5.26 Å². The van der Waals surface area contributed by atoms with Gasteiger partial charge in [0.1, 0.15) is 23.9 Å². The molecule has 17 heavy (non-hydrogen) atoms. The minimum Gasteiger partial charge on any atom is -0.463 e. The summed E-state index contributed by atoms with van der Waals surface area (Å²) in [4.78, 5) is 18.5. The Morgan fingerprint density at radius 3 is 3.18 bits per heavy atom. The van der Waals surface area contributed by atoms with Gasteiger partial charge in [0.25, 0.3) is 0 Å². The van der Waals surface area contributed by atoms with Crippen LogP contribution < -0.4 is 10.9 Å². The maximum Gasteiger partial charge on any atom is 0.332 e. The van der Waals surface area contributed by atoms with Crippen molar-refractivity contribution in [3.8, 4) is 6.07 Å². The average molecular weight is 233 g/mol. The second-order valence-corrected chi connectivity index (χ2v) is 2.76. The van der Waals surface area contributed by atoms with Crippen LogP contribution in [-0.2, 0) is 9.53 Å². The van der Waals surface area contributed by atoms with Crippen molar-refractivity contribution in [2.45, 2.75) is 6.92 Å². The molecular formula is C10H11N5O2. The van der Waals surface area contributed by atoms with Gasteiger partial charge in [-0.2, -0.15) is 5.26 Å². The predicted octanol–water partition coefficient (Wildman–Crippen LogP) is 0.342. The summed E-state index contributed by atoms with van der Waals surface area (Å²) in [6.07, 6.45) is 3.85. The van der Waals surface area contributed by atoms with Crippen molar-refractivity contribution >= 4 is 11.8 Å². The van der Waals surface area contributed by atoms with Crippen LogP contribution in [-0.4, -0.2) is 22.5 Å². The summed E-state index contributed by atoms with van der Waals surface area (Å²) in [5.41, 5.74) is 5.53. The number of anilines is 1. The number of esters is 1. The van der Waals surface area contributed by atoms with Crippen molar-refractivity contribution in [1.29, 1.82) is 5.26 Å². The Kier molecular flexibility index (Phi) is 4.97. The largest absolute Gasteiger partial charge is 0.463 e. The van der Waals surface area contributed by atoms with Crippen LogP contribution in [0.1, 0.15) is 12.6 Å². The third kappa shape index (κ3) is 4.61. The van der Waals surface area contributed by atoms with Gasteiger partial charge in [-0.1, -0.05) is 0 Å². The monoisotopic (exact) mass is 233 g/mol. The van der Waals surface area contributed by atoms with Crippen LogP contribution in [0.5, 0.6) is 0 Å². The van der Waals surface area contributed by atoms with Crippen molar-refractivity contribution in [3.05, 3.63) is 30.4 Å². The topological polar surface area (TPSA) is 99.9 Å². The number of hydrogen-bond donors (Lipinski definition) is 2. The van der Waals surface area contributed by atoms with Gasteiger partial charge in [0, 0.05) is 18.3 Å². The number of carbonyl (C=O) groups excluding carboxylic acids is 1. The van der Waals surface area contributed by atoms with Gasteiger partial charge in [0.15, 0.2) is 0 Å². The Morgan fingerprint density at radius 1 is 1.65 bits per heavy atom. The van der Waals surface area contributed by atoms with Crippen LogP contribution in [0.15, 0.2) is 24.7 Å². The van der Waals surface area contributed by atoms with Crippen molar-refractivity contribution in [2.24, 2.45) is 0 Å². The Hall–Kier alpha value is -2.62. The fourth-order valence-corrected chi connectivity index (χ4v) is 0.902. The number of nitrogens with zero attached hydrogens (tertiary/aromatic N) is 3. The minimum absolute atomic E-state index is 0.249. The summed E-state index contributed by atoms with van der Waals surface area (Å²) in [7, 11) is 0. The molecule has 7 nitrogen and oxygen atoms in total. The molecule has 1 heterocycles. The van der Waals surface area contributed by atoms with Gasteiger partial charge in [-0.15, -0.1) is 0 Å². The summed E-state index contributed by atoms with van der Waals surface area (Å²) in [6, 6.07) is 3.35. The summed E-state index contributed by atoms with van der Waals surface area (Å²) in [6.45, 7) is 2.05. The van der Waals surface area contributed by atoms with Crippen molar-refractivity contribution in [3.63, 3.8) is 0 Å². The molecule has 88 valence electrons. The lowest BCUT2D eigenvalue weighted by molar-refractivity contribution is -0.137. The zero-order valence-corrected chi connectivity index (χ0v) is 9.17. The summed E-state index contributed by atoms with van der Waals surface area (Å²) in [5.74, 6) is -0.0211. The molecule has 1 rings (SSSR count). The van der Waals surface area contributed by atoms with Gasteiger partial charge in [-0.3, -0.25) is 5.43 Å². The number of nitrogens with one attached hydrogen (secondary N) is 2. The molecule has 2 N–H and O–H groups in total.